The molecule has 2 atom stereocenters. The van der Waals surface area contributed by atoms with Crippen molar-refractivity contribution in [2.45, 2.75) is 63.4 Å². The van der Waals surface area contributed by atoms with Crippen molar-refractivity contribution < 1.29 is 27.9 Å². The highest BCUT2D eigenvalue weighted by Crippen LogP contribution is 2.21. The van der Waals surface area contributed by atoms with E-state index in [1.165, 1.54) is 12.1 Å². The summed E-state index contributed by atoms with van der Waals surface area (Å²) in [5.74, 6) is -2.05. The number of aryl methyl sites for hydroxylation is 1. The number of piperidine rings is 1. The van der Waals surface area contributed by atoms with Crippen LogP contribution in [0.3, 0.4) is 0 Å². The van der Waals surface area contributed by atoms with E-state index in [0.717, 1.165) is 11.1 Å². The van der Waals surface area contributed by atoms with Gasteiger partial charge in [0.2, 0.25) is 21.8 Å². The Bertz CT molecular complexity index is 1210. The molecule has 2 unspecified atom stereocenters. The number of nitrogens with zero attached hydrogens (tertiary/aromatic N) is 1. The first kappa shape index (κ1) is 29.3. The molecule has 1 heterocycles. The van der Waals surface area contributed by atoms with Crippen molar-refractivity contribution in [3.05, 3.63) is 65.7 Å². The smallest absolute Gasteiger partial charge is 0.326 e. The van der Waals surface area contributed by atoms with Gasteiger partial charge in [-0.15, -0.1) is 0 Å². The Kier molecular flexibility index (Phi) is 10.0. The fourth-order valence-electron chi connectivity index (χ4n) is 4.57. The molecule has 0 spiro atoms. The largest absolute Gasteiger partial charge is 0.480 e. The summed E-state index contributed by atoms with van der Waals surface area (Å²) in [4.78, 5) is 39.5. The van der Waals surface area contributed by atoms with E-state index >= 15 is 0 Å². The van der Waals surface area contributed by atoms with Crippen LogP contribution in [0.25, 0.3) is 0 Å². The molecule has 1 aliphatic rings. The number of sulfonamides is 1. The Balaban J connectivity index is 1.69. The highest BCUT2D eigenvalue weighted by atomic mass is 32.2. The number of rotatable bonds is 11. The first-order valence-corrected chi connectivity index (χ1v) is 14.4. The van der Waals surface area contributed by atoms with Crippen molar-refractivity contribution in [1.29, 1.82) is 0 Å². The Morgan fingerprint density at radius 3 is 2.13 bits per heavy atom. The van der Waals surface area contributed by atoms with Crippen LogP contribution in [0.15, 0.2) is 59.5 Å². The summed E-state index contributed by atoms with van der Waals surface area (Å²) < 4.78 is 28.8. The minimum atomic E-state index is -3.95. The third-order valence-electron chi connectivity index (χ3n) is 6.71. The molecule has 2 aromatic carbocycles. The first-order chi connectivity index (χ1) is 18.0. The van der Waals surface area contributed by atoms with Crippen LogP contribution < -0.4 is 10.0 Å². The number of aliphatic carboxylic acids is 1. The number of hydrogen-bond acceptors (Lipinski definition) is 5. The molecule has 9 nitrogen and oxygen atoms in total. The molecule has 10 heteroatoms. The van der Waals surface area contributed by atoms with Gasteiger partial charge in [0.05, 0.1) is 4.90 Å². The van der Waals surface area contributed by atoms with Crippen LogP contribution in [-0.2, 0) is 30.8 Å². The zero-order chi connectivity index (χ0) is 27.9. The van der Waals surface area contributed by atoms with Gasteiger partial charge < -0.3 is 15.3 Å². The van der Waals surface area contributed by atoms with Gasteiger partial charge in [0.1, 0.15) is 12.1 Å². The summed E-state index contributed by atoms with van der Waals surface area (Å²) in [6.07, 6.45) is 1.25. The minimum absolute atomic E-state index is 0.0822. The Morgan fingerprint density at radius 2 is 1.58 bits per heavy atom. The van der Waals surface area contributed by atoms with Crippen LogP contribution in [0.4, 0.5) is 0 Å². The van der Waals surface area contributed by atoms with Gasteiger partial charge in [-0.3, -0.25) is 9.59 Å². The van der Waals surface area contributed by atoms with E-state index in [9.17, 15) is 27.9 Å². The third kappa shape index (κ3) is 8.13. The van der Waals surface area contributed by atoms with Gasteiger partial charge in [0.15, 0.2) is 0 Å². The van der Waals surface area contributed by atoms with Crippen molar-refractivity contribution in [3.8, 4) is 0 Å². The monoisotopic (exact) mass is 543 g/mol. The molecule has 1 aliphatic heterocycles. The number of likely N-dealkylation sites (tertiary alicyclic amines) is 1. The van der Waals surface area contributed by atoms with E-state index in [1.54, 1.807) is 17.0 Å². The molecule has 38 heavy (non-hydrogen) atoms. The first-order valence-electron chi connectivity index (χ1n) is 12.9. The molecule has 2 amide bonds. The molecule has 0 bridgehead atoms. The molecular formula is C28H37N3O6S. The summed E-state index contributed by atoms with van der Waals surface area (Å²) in [6.45, 7) is 6.20. The predicted octanol–water partition coefficient (Wildman–Crippen LogP) is 2.74. The molecule has 0 aliphatic carbocycles. The molecule has 3 N–H and O–H groups in total. The van der Waals surface area contributed by atoms with Gasteiger partial charge in [-0.05, 0) is 56.2 Å². The Hall–Kier alpha value is -3.24. The summed E-state index contributed by atoms with van der Waals surface area (Å²) in [6, 6.07) is 13.7. The van der Waals surface area contributed by atoms with Crippen molar-refractivity contribution in [2.24, 2.45) is 11.8 Å². The van der Waals surface area contributed by atoms with E-state index in [-0.39, 0.29) is 42.1 Å². The van der Waals surface area contributed by atoms with Gasteiger partial charge in [0, 0.05) is 19.0 Å². The summed E-state index contributed by atoms with van der Waals surface area (Å²) in [5, 5.41) is 12.1. The van der Waals surface area contributed by atoms with Crippen LogP contribution in [0.1, 0.15) is 44.2 Å². The molecule has 1 saturated heterocycles. The second kappa shape index (κ2) is 13.0. The lowest BCUT2D eigenvalue weighted by atomic mass is 9.94. The topological polar surface area (TPSA) is 133 Å². The van der Waals surface area contributed by atoms with E-state index in [0.29, 0.717) is 19.3 Å². The zero-order valence-corrected chi connectivity index (χ0v) is 22.9. The van der Waals surface area contributed by atoms with Gasteiger partial charge in [0.25, 0.3) is 0 Å². The number of carbonyl (C=O) groups excluding carboxylic acids is 2. The second-order valence-corrected chi connectivity index (χ2v) is 12.0. The lowest BCUT2D eigenvalue weighted by Gasteiger charge is -2.34. The molecule has 1 fully saturated rings. The number of carboxylic acids is 1. The molecule has 0 aromatic heterocycles. The maximum Gasteiger partial charge on any atom is 0.326 e. The number of carboxylic acid groups (broad SMARTS) is 1. The predicted molar refractivity (Wildman–Crippen MR) is 144 cm³/mol. The van der Waals surface area contributed by atoms with E-state index in [4.69, 9.17) is 0 Å². The molecule has 3 rings (SSSR count). The zero-order valence-electron chi connectivity index (χ0n) is 22.1. The standard InChI is InChI=1S/C28H37N3O6S/c1-19(2)17-25(28(34)35)29-26(32)22-13-15-31(16-14-22)27(33)24(18-21-7-5-4-6-8-21)30-38(36,37)23-11-9-20(3)10-12-23/h4-12,19,22,24-25,30H,13-18H2,1-3H3,(H,29,32)(H,34,35). The van der Waals surface area contributed by atoms with Crippen LogP contribution >= 0.6 is 0 Å². The minimum Gasteiger partial charge on any atom is -0.480 e. The fraction of sp³-hybridized carbons (Fsp3) is 0.464. The van der Waals surface area contributed by atoms with E-state index in [1.807, 2.05) is 51.1 Å². The summed E-state index contributed by atoms with van der Waals surface area (Å²) >= 11 is 0. The Morgan fingerprint density at radius 1 is 0.974 bits per heavy atom. The van der Waals surface area contributed by atoms with E-state index < -0.39 is 34.0 Å². The summed E-state index contributed by atoms with van der Waals surface area (Å²) in [5.41, 5.74) is 1.74. The SMILES string of the molecule is Cc1ccc(S(=O)(=O)NC(Cc2ccccc2)C(=O)N2CCC(C(=O)NC(CC(C)C)C(=O)O)CC2)cc1. The molecular weight excluding hydrogens is 506 g/mol. The molecule has 0 radical (unpaired) electrons. The summed E-state index contributed by atoms with van der Waals surface area (Å²) in [7, 11) is -3.95. The number of amides is 2. The number of benzene rings is 2. The van der Waals surface area contributed by atoms with Crippen molar-refractivity contribution >= 4 is 27.8 Å². The third-order valence-corrected chi connectivity index (χ3v) is 8.20. The lowest BCUT2D eigenvalue weighted by molar-refractivity contribution is -0.143. The fourth-order valence-corrected chi connectivity index (χ4v) is 5.76. The second-order valence-electron chi connectivity index (χ2n) is 10.3. The van der Waals surface area contributed by atoms with Gasteiger partial charge in [-0.25, -0.2) is 13.2 Å². The molecule has 0 saturated carbocycles. The maximum atomic E-state index is 13.6. The highest BCUT2D eigenvalue weighted by Gasteiger charge is 2.34. The molecule has 206 valence electrons. The lowest BCUT2D eigenvalue weighted by Crippen LogP contribution is -2.53. The van der Waals surface area contributed by atoms with Gasteiger partial charge >= 0.3 is 5.97 Å². The maximum absolute atomic E-state index is 13.6. The normalized spacial score (nSPS) is 16.2. The van der Waals surface area contributed by atoms with Crippen LogP contribution in [0.2, 0.25) is 0 Å². The van der Waals surface area contributed by atoms with E-state index in [2.05, 4.69) is 10.0 Å². The van der Waals surface area contributed by atoms with Gasteiger partial charge in [-0.1, -0.05) is 61.9 Å². The van der Waals surface area contributed by atoms with Gasteiger partial charge in [-0.2, -0.15) is 4.72 Å². The van der Waals surface area contributed by atoms with Crippen molar-refractivity contribution in [2.75, 3.05) is 13.1 Å². The number of carbonyl (C=O) groups is 3. The highest BCUT2D eigenvalue weighted by molar-refractivity contribution is 7.89. The van der Waals surface area contributed by atoms with Crippen LogP contribution in [-0.4, -0.2) is 61.4 Å². The Labute approximate surface area is 224 Å². The average Bonchev–Trinajstić information content (AvgIpc) is 2.88. The van der Waals surface area contributed by atoms with Crippen molar-refractivity contribution in [1.82, 2.24) is 14.9 Å². The van der Waals surface area contributed by atoms with Crippen LogP contribution in [0.5, 0.6) is 0 Å². The number of hydrogen-bond donors (Lipinski definition) is 3. The average molecular weight is 544 g/mol. The number of nitrogens with one attached hydrogen (secondary N) is 2. The van der Waals surface area contributed by atoms with Crippen LogP contribution in [0, 0.1) is 18.8 Å². The molecule has 2 aromatic rings. The quantitative estimate of drug-likeness (QED) is 0.399. The van der Waals surface area contributed by atoms with Crippen molar-refractivity contribution in [3.63, 3.8) is 0 Å².